The van der Waals surface area contributed by atoms with Gasteiger partial charge in [0, 0.05) is 5.33 Å². The second-order valence-electron chi connectivity index (χ2n) is 3.48. The predicted octanol–water partition coefficient (Wildman–Crippen LogP) is 3.08. The monoisotopic (exact) mass is 322 g/mol. The maximum Gasteiger partial charge on any atom is 0.586 e. The van der Waals surface area contributed by atoms with Crippen LogP contribution < -0.4 is 9.47 Å². The van der Waals surface area contributed by atoms with Crippen LogP contribution in [0, 0.1) is 0 Å². The molecule has 98 valence electrons. The number of ether oxygens (including phenoxy) is 3. The van der Waals surface area contributed by atoms with E-state index >= 15 is 0 Å². The van der Waals surface area contributed by atoms with Crippen molar-refractivity contribution in [2.24, 2.45) is 0 Å². The smallest absolute Gasteiger partial charge is 0.462 e. The summed E-state index contributed by atoms with van der Waals surface area (Å²) >= 11 is 3.17. The number of alkyl halides is 3. The Labute approximate surface area is 110 Å². The summed E-state index contributed by atoms with van der Waals surface area (Å²) in [7, 11) is 0. The third-order valence-corrected chi connectivity index (χ3v) is 2.87. The van der Waals surface area contributed by atoms with Gasteiger partial charge in [0.05, 0.1) is 12.2 Å². The number of rotatable bonds is 3. The Morgan fingerprint density at radius 1 is 1.39 bits per heavy atom. The van der Waals surface area contributed by atoms with Gasteiger partial charge in [0.15, 0.2) is 11.5 Å². The van der Waals surface area contributed by atoms with Gasteiger partial charge in [0.25, 0.3) is 0 Å². The third-order valence-electron chi connectivity index (χ3n) is 2.27. The maximum absolute atomic E-state index is 12.9. The van der Waals surface area contributed by atoms with E-state index in [0.29, 0.717) is 10.9 Å². The first-order chi connectivity index (χ1) is 8.46. The first-order valence-electron chi connectivity index (χ1n) is 5.12. The van der Waals surface area contributed by atoms with Crippen LogP contribution in [0.15, 0.2) is 12.1 Å². The van der Waals surface area contributed by atoms with Gasteiger partial charge in [0.2, 0.25) is 0 Å². The number of carbonyl (C=O) groups excluding carboxylic acids is 1. The SMILES string of the molecule is CCOC(=O)c1cc2c(cc1CBr)OC(F)(F)O2. The highest BCUT2D eigenvalue weighted by molar-refractivity contribution is 9.08. The van der Waals surface area contributed by atoms with Crippen molar-refractivity contribution < 1.29 is 27.8 Å². The van der Waals surface area contributed by atoms with Crippen molar-refractivity contribution in [2.45, 2.75) is 18.5 Å². The summed E-state index contributed by atoms with van der Waals surface area (Å²) in [5.74, 6) is -0.858. The average Bonchev–Trinajstić information content (AvgIpc) is 2.60. The minimum absolute atomic E-state index is 0.0949. The van der Waals surface area contributed by atoms with E-state index in [1.165, 1.54) is 12.1 Å². The lowest BCUT2D eigenvalue weighted by Crippen LogP contribution is -2.25. The highest BCUT2D eigenvalue weighted by Gasteiger charge is 2.44. The summed E-state index contributed by atoms with van der Waals surface area (Å²) in [4.78, 5) is 11.7. The number of hydrogen-bond acceptors (Lipinski definition) is 4. The van der Waals surface area contributed by atoms with Gasteiger partial charge in [-0.25, -0.2) is 4.79 Å². The zero-order valence-electron chi connectivity index (χ0n) is 9.34. The molecule has 4 nitrogen and oxygen atoms in total. The van der Waals surface area contributed by atoms with E-state index in [0.717, 1.165) is 0 Å². The van der Waals surface area contributed by atoms with Crippen molar-refractivity contribution in [3.05, 3.63) is 23.3 Å². The zero-order valence-corrected chi connectivity index (χ0v) is 10.9. The number of carbonyl (C=O) groups is 1. The molecule has 0 saturated heterocycles. The molecule has 7 heteroatoms. The molecule has 0 aromatic heterocycles. The number of halogens is 3. The van der Waals surface area contributed by atoms with E-state index in [1.807, 2.05) is 0 Å². The Bertz CT molecular complexity index is 490. The number of hydrogen-bond donors (Lipinski definition) is 0. The molecule has 0 spiro atoms. The van der Waals surface area contributed by atoms with Gasteiger partial charge in [-0.3, -0.25) is 0 Å². The van der Waals surface area contributed by atoms with Gasteiger partial charge >= 0.3 is 12.3 Å². The lowest BCUT2D eigenvalue weighted by Gasteiger charge is -2.07. The molecule has 0 radical (unpaired) electrons. The molecular weight excluding hydrogens is 314 g/mol. The van der Waals surface area contributed by atoms with Crippen molar-refractivity contribution in [1.82, 2.24) is 0 Å². The van der Waals surface area contributed by atoms with Crippen LogP contribution in [0.2, 0.25) is 0 Å². The standard InChI is InChI=1S/C11H9BrF2O4/c1-2-16-10(15)7-4-9-8(3-6(7)5-12)17-11(13,14)18-9/h3-4H,2,5H2,1H3. The highest BCUT2D eigenvalue weighted by atomic mass is 79.9. The molecule has 0 fully saturated rings. The van der Waals surface area contributed by atoms with Crippen LogP contribution in [-0.2, 0) is 10.1 Å². The highest BCUT2D eigenvalue weighted by Crippen LogP contribution is 2.42. The van der Waals surface area contributed by atoms with Crippen LogP contribution in [0.4, 0.5) is 8.78 Å². The molecule has 18 heavy (non-hydrogen) atoms. The van der Waals surface area contributed by atoms with Crippen LogP contribution in [0.25, 0.3) is 0 Å². The van der Waals surface area contributed by atoms with Crippen LogP contribution in [0.3, 0.4) is 0 Å². The maximum atomic E-state index is 12.9. The van der Waals surface area contributed by atoms with Crippen molar-refractivity contribution in [2.75, 3.05) is 6.61 Å². The van der Waals surface area contributed by atoms with Crippen molar-refractivity contribution in [3.8, 4) is 11.5 Å². The van der Waals surface area contributed by atoms with E-state index in [1.54, 1.807) is 6.92 Å². The van der Waals surface area contributed by atoms with Crippen molar-refractivity contribution in [1.29, 1.82) is 0 Å². The van der Waals surface area contributed by atoms with Gasteiger partial charge in [-0.1, -0.05) is 15.9 Å². The molecule has 1 heterocycles. The quantitative estimate of drug-likeness (QED) is 0.633. The van der Waals surface area contributed by atoms with Crippen LogP contribution in [0.1, 0.15) is 22.8 Å². The summed E-state index contributed by atoms with van der Waals surface area (Å²) in [6.45, 7) is 1.86. The second-order valence-corrected chi connectivity index (χ2v) is 4.04. The molecule has 0 N–H and O–H groups in total. The molecule has 0 saturated carbocycles. The molecule has 0 bridgehead atoms. The number of fused-ring (bicyclic) bond motifs is 1. The van der Waals surface area contributed by atoms with Gasteiger partial charge in [-0.15, -0.1) is 8.78 Å². The largest absolute Gasteiger partial charge is 0.586 e. The fraction of sp³-hybridized carbons (Fsp3) is 0.364. The molecule has 0 amide bonds. The van der Waals surface area contributed by atoms with Gasteiger partial charge in [-0.2, -0.15) is 0 Å². The summed E-state index contributed by atoms with van der Waals surface area (Å²) < 4.78 is 39.2. The molecule has 2 rings (SSSR count). The first kappa shape index (κ1) is 13.1. The topological polar surface area (TPSA) is 44.8 Å². The molecular formula is C11H9BrF2O4. The Hall–Kier alpha value is -1.37. The zero-order chi connectivity index (χ0) is 13.3. The van der Waals surface area contributed by atoms with E-state index < -0.39 is 12.3 Å². The molecule has 1 aromatic rings. The Morgan fingerprint density at radius 3 is 2.56 bits per heavy atom. The Kier molecular flexibility index (Phi) is 3.43. The normalized spacial score (nSPS) is 15.6. The van der Waals surface area contributed by atoms with E-state index in [-0.39, 0.29) is 23.7 Å². The molecule has 1 aromatic carbocycles. The number of benzene rings is 1. The summed E-state index contributed by atoms with van der Waals surface area (Å²) in [5, 5.41) is 0.309. The molecule has 0 aliphatic carbocycles. The van der Waals surface area contributed by atoms with Crippen LogP contribution in [-0.4, -0.2) is 18.9 Å². The van der Waals surface area contributed by atoms with E-state index in [4.69, 9.17) is 4.74 Å². The van der Waals surface area contributed by atoms with Crippen molar-refractivity contribution in [3.63, 3.8) is 0 Å². The minimum Gasteiger partial charge on any atom is -0.462 e. The summed E-state index contributed by atoms with van der Waals surface area (Å²) in [6.07, 6.45) is -3.70. The Balaban J connectivity index is 2.41. The Morgan fingerprint density at radius 2 is 2.00 bits per heavy atom. The first-order valence-corrected chi connectivity index (χ1v) is 6.25. The fourth-order valence-corrected chi connectivity index (χ4v) is 2.01. The third kappa shape index (κ3) is 2.40. The van der Waals surface area contributed by atoms with Gasteiger partial charge in [0.1, 0.15) is 0 Å². The lowest BCUT2D eigenvalue weighted by molar-refractivity contribution is -0.286. The van der Waals surface area contributed by atoms with Crippen LogP contribution >= 0.6 is 15.9 Å². The summed E-state index contributed by atoms with van der Waals surface area (Å²) in [5.41, 5.74) is 0.669. The number of esters is 1. The molecule has 1 aliphatic rings. The second kappa shape index (κ2) is 4.72. The molecule has 1 aliphatic heterocycles. The summed E-state index contributed by atoms with van der Waals surface area (Å²) in [6, 6.07) is 2.53. The van der Waals surface area contributed by atoms with Gasteiger partial charge in [-0.05, 0) is 24.6 Å². The minimum atomic E-state index is -3.70. The molecule has 0 unspecified atom stereocenters. The lowest BCUT2D eigenvalue weighted by atomic mass is 10.1. The van der Waals surface area contributed by atoms with Crippen molar-refractivity contribution >= 4 is 21.9 Å². The predicted molar refractivity (Wildman–Crippen MR) is 61.2 cm³/mol. The van der Waals surface area contributed by atoms with Gasteiger partial charge < -0.3 is 14.2 Å². The molecule has 0 atom stereocenters. The van der Waals surface area contributed by atoms with E-state index in [9.17, 15) is 13.6 Å². The fourth-order valence-electron chi connectivity index (χ4n) is 1.55. The van der Waals surface area contributed by atoms with E-state index in [2.05, 4.69) is 25.4 Å². The van der Waals surface area contributed by atoms with Crippen LogP contribution in [0.5, 0.6) is 11.5 Å². The average molecular weight is 323 g/mol.